The van der Waals surface area contributed by atoms with Crippen molar-refractivity contribution in [2.75, 3.05) is 0 Å². The van der Waals surface area contributed by atoms with Gasteiger partial charge in [0.25, 0.3) is 0 Å². The van der Waals surface area contributed by atoms with Crippen LogP contribution in [0.5, 0.6) is 0 Å². The zero-order valence-electron chi connectivity index (χ0n) is 9.39. The summed E-state index contributed by atoms with van der Waals surface area (Å²) in [5.41, 5.74) is 5.64. The Bertz CT molecular complexity index is 378. The lowest BCUT2D eigenvalue weighted by molar-refractivity contribution is -0.137. The molecule has 96 valence electrons. The molecule has 1 saturated carbocycles. The first kappa shape index (κ1) is 12.8. The van der Waals surface area contributed by atoms with Crippen LogP contribution in [0.1, 0.15) is 48.4 Å². The molecule has 17 heavy (non-hydrogen) atoms. The van der Waals surface area contributed by atoms with E-state index in [2.05, 4.69) is 4.98 Å². The Balaban J connectivity index is 2.23. The predicted molar refractivity (Wildman–Crippen MR) is 60.7 cm³/mol. The molecule has 1 aliphatic carbocycles. The van der Waals surface area contributed by atoms with E-state index in [1.807, 2.05) is 0 Å². The highest BCUT2D eigenvalue weighted by Crippen LogP contribution is 2.40. The molecule has 0 aromatic carbocycles. The first-order chi connectivity index (χ1) is 7.92. The summed E-state index contributed by atoms with van der Waals surface area (Å²) in [6.45, 7) is 0. The van der Waals surface area contributed by atoms with Gasteiger partial charge in [-0.3, -0.25) is 0 Å². The lowest BCUT2D eigenvalue weighted by atomic mass is 9.90. The summed E-state index contributed by atoms with van der Waals surface area (Å²) in [5.74, 6) is 0. The fourth-order valence-electron chi connectivity index (χ4n) is 2.24. The number of halogens is 3. The van der Waals surface area contributed by atoms with Gasteiger partial charge in [-0.05, 0) is 12.8 Å². The molecule has 0 bridgehead atoms. The first-order valence-corrected chi connectivity index (χ1v) is 6.56. The molecule has 0 atom stereocenters. The minimum Gasteiger partial charge on any atom is -0.321 e. The van der Waals surface area contributed by atoms with Crippen LogP contribution in [0.25, 0.3) is 0 Å². The van der Waals surface area contributed by atoms with Crippen molar-refractivity contribution in [3.8, 4) is 0 Å². The highest BCUT2D eigenvalue weighted by molar-refractivity contribution is 7.11. The molecule has 1 fully saturated rings. The van der Waals surface area contributed by atoms with E-state index in [0.29, 0.717) is 16.2 Å². The summed E-state index contributed by atoms with van der Waals surface area (Å²) in [6, 6.07) is 0. The predicted octanol–water partition coefficient (Wildman–Crippen LogP) is 3.67. The summed E-state index contributed by atoms with van der Waals surface area (Å²) >= 11 is 0.693. The largest absolute Gasteiger partial charge is 0.443 e. The van der Waals surface area contributed by atoms with E-state index in [1.165, 1.54) is 6.20 Å². The third-order valence-electron chi connectivity index (χ3n) is 3.23. The van der Waals surface area contributed by atoms with Crippen molar-refractivity contribution < 1.29 is 13.2 Å². The summed E-state index contributed by atoms with van der Waals surface area (Å²) in [5, 5.41) is -0.790. The lowest BCUT2D eigenvalue weighted by Crippen LogP contribution is -2.35. The Kier molecular flexibility index (Phi) is 3.45. The van der Waals surface area contributed by atoms with Gasteiger partial charge in [0, 0.05) is 11.1 Å². The Hall–Kier alpha value is -0.620. The Labute approximate surface area is 102 Å². The van der Waals surface area contributed by atoms with Crippen molar-refractivity contribution in [2.45, 2.75) is 50.2 Å². The standard InChI is InChI=1S/C11H15F3N2S/c12-11(13,14)9-16-7-8(17-9)10(15)5-3-1-2-4-6-10/h7H,1-6,15H2. The molecule has 1 aromatic heterocycles. The van der Waals surface area contributed by atoms with E-state index < -0.39 is 16.7 Å². The second-order valence-electron chi connectivity index (χ2n) is 4.60. The van der Waals surface area contributed by atoms with Crippen LogP contribution in [0.4, 0.5) is 13.2 Å². The van der Waals surface area contributed by atoms with Gasteiger partial charge >= 0.3 is 6.18 Å². The van der Waals surface area contributed by atoms with Crippen LogP contribution in [0.15, 0.2) is 6.20 Å². The Morgan fingerprint density at radius 1 is 1.18 bits per heavy atom. The molecule has 0 unspecified atom stereocenters. The molecular weight excluding hydrogens is 249 g/mol. The van der Waals surface area contributed by atoms with Crippen molar-refractivity contribution in [1.82, 2.24) is 4.98 Å². The maximum Gasteiger partial charge on any atom is 0.443 e. The number of rotatable bonds is 1. The minimum absolute atomic E-state index is 0.576. The van der Waals surface area contributed by atoms with Crippen LogP contribution in [-0.2, 0) is 11.7 Å². The number of alkyl halides is 3. The minimum atomic E-state index is -4.36. The van der Waals surface area contributed by atoms with Gasteiger partial charge in [-0.15, -0.1) is 11.3 Å². The van der Waals surface area contributed by atoms with E-state index >= 15 is 0 Å². The zero-order valence-corrected chi connectivity index (χ0v) is 10.2. The molecule has 6 heteroatoms. The number of thiazole rings is 1. The average Bonchev–Trinajstić information content (AvgIpc) is 2.64. The van der Waals surface area contributed by atoms with Gasteiger partial charge in [-0.2, -0.15) is 13.2 Å². The van der Waals surface area contributed by atoms with Gasteiger partial charge in [-0.25, -0.2) is 4.98 Å². The van der Waals surface area contributed by atoms with Crippen LogP contribution in [0.2, 0.25) is 0 Å². The maximum absolute atomic E-state index is 12.5. The Morgan fingerprint density at radius 2 is 1.76 bits per heavy atom. The van der Waals surface area contributed by atoms with Crippen LogP contribution in [-0.4, -0.2) is 4.98 Å². The van der Waals surface area contributed by atoms with Crippen molar-refractivity contribution >= 4 is 11.3 Å². The summed E-state index contributed by atoms with van der Waals surface area (Å²) in [6.07, 6.45) is 2.65. The highest BCUT2D eigenvalue weighted by atomic mass is 32.1. The molecular formula is C11H15F3N2S. The van der Waals surface area contributed by atoms with Crippen molar-refractivity contribution in [1.29, 1.82) is 0 Å². The third kappa shape index (κ3) is 2.80. The second-order valence-corrected chi connectivity index (χ2v) is 5.63. The van der Waals surface area contributed by atoms with E-state index in [-0.39, 0.29) is 0 Å². The molecule has 2 rings (SSSR count). The molecule has 0 radical (unpaired) electrons. The van der Waals surface area contributed by atoms with Crippen LogP contribution < -0.4 is 5.73 Å². The molecule has 1 aliphatic rings. The van der Waals surface area contributed by atoms with Crippen LogP contribution >= 0.6 is 11.3 Å². The monoisotopic (exact) mass is 264 g/mol. The molecule has 1 aromatic rings. The van der Waals surface area contributed by atoms with Gasteiger partial charge in [-0.1, -0.05) is 25.7 Å². The number of nitrogens with two attached hydrogens (primary N) is 1. The normalized spacial score (nSPS) is 21.2. The SMILES string of the molecule is NC1(c2cnc(C(F)(F)F)s2)CCCCCC1. The lowest BCUT2D eigenvalue weighted by Gasteiger charge is -2.26. The van der Waals surface area contributed by atoms with Gasteiger partial charge in [0.15, 0.2) is 5.01 Å². The van der Waals surface area contributed by atoms with Gasteiger partial charge in [0.2, 0.25) is 0 Å². The van der Waals surface area contributed by atoms with Crippen LogP contribution in [0, 0.1) is 0 Å². The van der Waals surface area contributed by atoms with Gasteiger partial charge < -0.3 is 5.73 Å². The first-order valence-electron chi connectivity index (χ1n) is 5.74. The fraction of sp³-hybridized carbons (Fsp3) is 0.727. The summed E-state index contributed by atoms with van der Waals surface area (Å²) < 4.78 is 37.4. The summed E-state index contributed by atoms with van der Waals surface area (Å²) in [7, 11) is 0. The second kappa shape index (κ2) is 4.57. The average molecular weight is 264 g/mol. The van der Waals surface area contributed by atoms with E-state index in [0.717, 1.165) is 38.5 Å². The topological polar surface area (TPSA) is 38.9 Å². The van der Waals surface area contributed by atoms with Crippen molar-refractivity contribution in [2.24, 2.45) is 5.73 Å². The van der Waals surface area contributed by atoms with E-state index in [9.17, 15) is 13.2 Å². The molecule has 0 amide bonds. The number of aromatic nitrogens is 1. The molecule has 2 nitrogen and oxygen atoms in total. The number of nitrogens with zero attached hydrogens (tertiary/aromatic N) is 1. The molecule has 0 aliphatic heterocycles. The Morgan fingerprint density at radius 3 is 2.24 bits per heavy atom. The van der Waals surface area contributed by atoms with E-state index in [4.69, 9.17) is 5.73 Å². The number of hydrogen-bond donors (Lipinski definition) is 1. The molecule has 0 spiro atoms. The molecule has 1 heterocycles. The number of hydrogen-bond acceptors (Lipinski definition) is 3. The maximum atomic E-state index is 12.5. The quantitative estimate of drug-likeness (QED) is 0.786. The smallest absolute Gasteiger partial charge is 0.321 e. The van der Waals surface area contributed by atoms with Crippen molar-refractivity contribution in [3.05, 3.63) is 16.1 Å². The fourth-order valence-corrected chi connectivity index (χ4v) is 3.18. The molecule has 0 saturated heterocycles. The van der Waals surface area contributed by atoms with Crippen LogP contribution in [0.3, 0.4) is 0 Å². The zero-order chi connectivity index (χ0) is 12.5. The third-order valence-corrected chi connectivity index (χ3v) is 4.50. The van der Waals surface area contributed by atoms with Gasteiger partial charge in [0.1, 0.15) is 0 Å². The summed E-state index contributed by atoms with van der Waals surface area (Å²) in [4.78, 5) is 4.03. The van der Waals surface area contributed by atoms with Gasteiger partial charge in [0.05, 0.1) is 5.54 Å². The van der Waals surface area contributed by atoms with Crippen molar-refractivity contribution in [3.63, 3.8) is 0 Å². The molecule has 2 N–H and O–H groups in total. The highest BCUT2D eigenvalue weighted by Gasteiger charge is 2.38. The van der Waals surface area contributed by atoms with E-state index in [1.54, 1.807) is 0 Å².